The van der Waals surface area contributed by atoms with Gasteiger partial charge in [0.2, 0.25) is 0 Å². The summed E-state index contributed by atoms with van der Waals surface area (Å²) >= 11 is 2.23. The summed E-state index contributed by atoms with van der Waals surface area (Å²) < 4.78 is 20.4. The Balaban J connectivity index is 1.91. The molecule has 2 heterocycles. The first kappa shape index (κ1) is 16.9. The molecule has 0 amide bonds. The zero-order valence-electron chi connectivity index (χ0n) is 13.1. The fraction of sp³-hybridized carbons (Fsp3) is 0.500. The van der Waals surface area contributed by atoms with Crippen molar-refractivity contribution in [3.63, 3.8) is 0 Å². The summed E-state index contributed by atoms with van der Waals surface area (Å²) in [7, 11) is 1.46. The maximum absolute atomic E-state index is 13.2. The molecule has 0 N–H and O–H groups in total. The molecule has 4 atom stereocenters. The van der Waals surface area contributed by atoms with Gasteiger partial charge in [0, 0.05) is 24.5 Å². The van der Waals surface area contributed by atoms with Crippen LogP contribution in [0.4, 0.5) is 4.39 Å². The zero-order chi connectivity index (χ0) is 16.4. The van der Waals surface area contributed by atoms with Gasteiger partial charge < -0.3 is 4.74 Å². The molecule has 3 nitrogen and oxygen atoms in total. The van der Waals surface area contributed by atoms with Crippen LogP contribution >= 0.6 is 22.6 Å². The van der Waals surface area contributed by atoms with Gasteiger partial charge in [-0.3, -0.25) is 9.69 Å². The molecule has 124 valence electrons. The lowest BCUT2D eigenvalue weighted by molar-refractivity contribution is -0.150. The minimum atomic E-state index is -0.240. The number of piperidine rings is 1. The highest BCUT2D eigenvalue weighted by Gasteiger charge is 2.50. The predicted molar refractivity (Wildman–Crippen MR) is 95.9 cm³/mol. The van der Waals surface area contributed by atoms with Crippen LogP contribution in [0.2, 0.25) is 0 Å². The molecule has 5 heteroatoms. The van der Waals surface area contributed by atoms with E-state index in [4.69, 9.17) is 4.74 Å². The number of fused-ring (bicyclic) bond motifs is 2. The summed E-state index contributed by atoms with van der Waals surface area (Å²) in [6.07, 6.45) is 5.21. The maximum atomic E-state index is 13.2. The average Bonchev–Trinajstić information content (AvgIpc) is 2.84. The highest BCUT2D eigenvalue weighted by atomic mass is 127. The normalized spacial score (nSPS) is 30.7. The molecule has 0 spiro atoms. The van der Waals surface area contributed by atoms with E-state index in [1.54, 1.807) is 0 Å². The van der Waals surface area contributed by atoms with E-state index >= 15 is 0 Å². The summed E-state index contributed by atoms with van der Waals surface area (Å²) in [4.78, 5) is 14.9. The van der Waals surface area contributed by atoms with Crippen LogP contribution in [0.1, 0.15) is 30.7 Å². The van der Waals surface area contributed by atoms with Gasteiger partial charge in [-0.25, -0.2) is 4.39 Å². The van der Waals surface area contributed by atoms with Crippen LogP contribution in [0.25, 0.3) is 0 Å². The van der Waals surface area contributed by atoms with E-state index < -0.39 is 0 Å². The van der Waals surface area contributed by atoms with Crippen LogP contribution in [-0.4, -0.2) is 36.6 Å². The van der Waals surface area contributed by atoms with Crippen molar-refractivity contribution >= 4 is 28.6 Å². The number of nitrogens with zero attached hydrogens (tertiary/aromatic N) is 1. The highest BCUT2D eigenvalue weighted by molar-refractivity contribution is 14.1. The second-order valence-electron chi connectivity index (χ2n) is 6.30. The third kappa shape index (κ3) is 3.31. The number of benzene rings is 1. The van der Waals surface area contributed by atoms with Crippen molar-refractivity contribution in [2.75, 3.05) is 13.7 Å². The van der Waals surface area contributed by atoms with Crippen molar-refractivity contribution in [2.45, 2.75) is 37.3 Å². The second kappa shape index (κ2) is 7.30. The zero-order valence-corrected chi connectivity index (χ0v) is 15.3. The van der Waals surface area contributed by atoms with Crippen LogP contribution in [0.3, 0.4) is 0 Å². The first-order valence-electron chi connectivity index (χ1n) is 8.00. The van der Waals surface area contributed by atoms with Crippen molar-refractivity contribution in [1.29, 1.82) is 0 Å². The minimum Gasteiger partial charge on any atom is -0.469 e. The van der Waals surface area contributed by atoms with Gasteiger partial charge in [0.15, 0.2) is 0 Å². The van der Waals surface area contributed by atoms with Gasteiger partial charge in [-0.05, 0) is 41.0 Å². The Morgan fingerprint density at radius 1 is 1.39 bits per heavy atom. The molecule has 2 bridgehead atoms. The Bertz CT molecular complexity index is 589. The largest absolute Gasteiger partial charge is 0.469 e. The van der Waals surface area contributed by atoms with Crippen molar-refractivity contribution in [3.05, 3.63) is 45.8 Å². The quantitative estimate of drug-likeness (QED) is 0.538. The number of methoxy groups -OCH3 is 1. The van der Waals surface area contributed by atoms with E-state index in [1.807, 2.05) is 16.2 Å². The molecule has 0 unspecified atom stereocenters. The Morgan fingerprint density at radius 2 is 2.13 bits per heavy atom. The van der Waals surface area contributed by atoms with Gasteiger partial charge >= 0.3 is 5.97 Å². The minimum absolute atomic E-state index is 0.111. The molecule has 1 aromatic rings. The Kier molecular flexibility index (Phi) is 5.36. The fourth-order valence-corrected chi connectivity index (χ4v) is 4.50. The second-order valence-corrected chi connectivity index (χ2v) is 7.02. The molecule has 0 radical (unpaired) electrons. The van der Waals surface area contributed by atoms with Crippen molar-refractivity contribution < 1.29 is 13.9 Å². The summed E-state index contributed by atoms with van der Waals surface area (Å²) in [6, 6.07) is 7.30. The number of halogens is 2. The lowest BCUT2D eigenvalue weighted by Gasteiger charge is -2.43. The van der Waals surface area contributed by atoms with Crippen molar-refractivity contribution in [2.24, 2.45) is 5.92 Å². The van der Waals surface area contributed by atoms with Gasteiger partial charge in [0.1, 0.15) is 5.82 Å². The van der Waals surface area contributed by atoms with Gasteiger partial charge in [0.25, 0.3) is 0 Å². The number of carbonyl (C=O) groups excluding carboxylic acids is 1. The van der Waals surface area contributed by atoms with Crippen LogP contribution in [0.15, 0.2) is 34.4 Å². The topological polar surface area (TPSA) is 29.5 Å². The third-order valence-corrected chi connectivity index (χ3v) is 5.75. The molecule has 2 aliphatic heterocycles. The number of esters is 1. The summed E-state index contributed by atoms with van der Waals surface area (Å²) in [5.74, 6) is -0.448. The third-order valence-electron chi connectivity index (χ3n) is 5.24. The molecule has 2 fully saturated rings. The summed E-state index contributed by atoms with van der Waals surface area (Å²) in [5, 5.41) is 0. The monoisotopic (exact) mass is 429 g/mol. The van der Waals surface area contributed by atoms with E-state index in [1.165, 1.54) is 19.2 Å². The number of carbonyl (C=O) groups is 1. The van der Waals surface area contributed by atoms with E-state index in [0.29, 0.717) is 6.04 Å². The molecule has 2 aliphatic rings. The van der Waals surface area contributed by atoms with Crippen LogP contribution in [0.5, 0.6) is 0 Å². The molecule has 0 aliphatic carbocycles. The first-order valence-corrected chi connectivity index (χ1v) is 9.24. The molecular formula is C18H21FINO2. The van der Waals surface area contributed by atoms with E-state index in [-0.39, 0.29) is 29.7 Å². The Morgan fingerprint density at radius 3 is 2.78 bits per heavy atom. The summed E-state index contributed by atoms with van der Waals surface area (Å²) in [6.45, 7) is 0.877. The Labute approximate surface area is 150 Å². The predicted octanol–water partition coefficient (Wildman–Crippen LogP) is 3.88. The summed E-state index contributed by atoms with van der Waals surface area (Å²) in [5.41, 5.74) is 1.04. The highest BCUT2D eigenvalue weighted by Crippen LogP contribution is 2.47. The molecule has 0 saturated carbocycles. The fourth-order valence-electron chi connectivity index (χ4n) is 4.27. The van der Waals surface area contributed by atoms with Gasteiger partial charge in [0.05, 0.1) is 13.0 Å². The molecule has 23 heavy (non-hydrogen) atoms. The van der Waals surface area contributed by atoms with Gasteiger partial charge in [-0.2, -0.15) is 0 Å². The standard InChI is InChI=1S/C18H21FINO2/c1-23-18(22)17-15(12-3-5-13(19)6-4-12)11-14-7-8-16(17)21(14)10-2-9-20/h2-6,9,14-17H,7-8,10-11H2,1H3/b9-2+/t14-,15-,16+,17+/m1/s1. The van der Waals surface area contributed by atoms with E-state index in [2.05, 4.69) is 33.6 Å². The number of ether oxygens (including phenoxy) is 1. The number of hydrogen-bond donors (Lipinski definition) is 0. The van der Waals surface area contributed by atoms with E-state index in [0.717, 1.165) is 31.4 Å². The van der Waals surface area contributed by atoms with Crippen LogP contribution in [-0.2, 0) is 9.53 Å². The number of hydrogen-bond acceptors (Lipinski definition) is 3. The molecule has 2 saturated heterocycles. The first-order chi connectivity index (χ1) is 11.2. The smallest absolute Gasteiger partial charge is 0.310 e. The van der Waals surface area contributed by atoms with Crippen molar-refractivity contribution in [1.82, 2.24) is 4.90 Å². The molecule has 0 aromatic heterocycles. The van der Waals surface area contributed by atoms with E-state index in [9.17, 15) is 9.18 Å². The van der Waals surface area contributed by atoms with Crippen LogP contribution in [0, 0.1) is 11.7 Å². The molecule has 1 aromatic carbocycles. The lowest BCUT2D eigenvalue weighted by Crippen LogP contribution is -2.50. The molecular weight excluding hydrogens is 408 g/mol. The van der Waals surface area contributed by atoms with Crippen molar-refractivity contribution in [3.8, 4) is 0 Å². The lowest BCUT2D eigenvalue weighted by atomic mass is 9.76. The van der Waals surface area contributed by atoms with Gasteiger partial charge in [-0.15, -0.1) is 0 Å². The van der Waals surface area contributed by atoms with Gasteiger partial charge in [-0.1, -0.05) is 40.8 Å². The average molecular weight is 429 g/mol. The SMILES string of the molecule is COC(=O)[C@H]1[C@@H](c2ccc(F)cc2)C[C@H]2CC[C@@H]1N2C/C=C/I. The maximum Gasteiger partial charge on any atom is 0.310 e. The Hall–Kier alpha value is -0.950. The number of rotatable bonds is 4. The molecule has 3 rings (SSSR count). The van der Waals surface area contributed by atoms with Crippen LogP contribution < -0.4 is 0 Å².